The first kappa shape index (κ1) is 22.9. The van der Waals surface area contributed by atoms with Crippen LogP contribution >= 0.6 is 0 Å². The molecule has 14 heteroatoms. The lowest BCUT2D eigenvalue weighted by molar-refractivity contribution is -0.386. The zero-order chi connectivity index (χ0) is 23.1. The van der Waals surface area contributed by atoms with Gasteiger partial charge in [0, 0.05) is 12.1 Å². The van der Waals surface area contributed by atoms with Gasteiger partial charge in [0.25, 0.3) is 17.3 Å². The number of nitro benzene ring substituents is 2. The molecule has 0 unspecified atom stereocenters. The van der Waals surface area contributed by atoms with Crippen LogP contribution in [0.3, 0.4) is 0 Å². The smallest absolute Gasteiger partial charge is 0.336 e. The second kappa shape index (κ2) is 9.86. The summed E-state index contributed by atoms with van der Waals surface area (Å²) in [5.74, 6) is -4.04. The highest BCUT2D eigenvalue weighted by atomic mass is 16.6. The number of nitro groups is 2. The van der Waals surface area contributed by atoms with E-state index in [4.69, 9.17) is 15.1 Å². The number of hydrogen-bond acceptors (Lipinski definition) is 9. The first-order chi connectivity index (χ1) is 14.6. The number of aromatic carboxylic acids is 2. The predicted molar refractivity (Wildman–Crippen MR) is 100 cm³/mol. The SMILES string of the molecule is O=C(O)c1cccc([N+](=O)[O-])c1CONCNC(=O)c1c(C(=O)O)cccc1[N+](=O)[O-]. The number of carbonyl (C=O) groups is 3. The van der Waals surface area contributed by atoms with Gasteiger partial charge in [0.1, 0.15) is 12.2 Å². The average molecular weight is 434 g/mol. The second-order valence-corrected chi connectivity index (χ2v) is 5.74. The van der Waals surface area contributed by atoms with Gasteiger partial charge in [-0.25, -0.2) is 9.59 Å². The largest absolute Gasteiger partial charge is 0.478 e. The highest BCUT2D eigenvalue weighted by molar-refractivity contribution is 6.07. The zero-order valence-corrected chi connectivity index (χ0v) is 15.4. The van der Waals surface area contributed by atoms with E-state index in [9.17, 15) is 34.6 Å². The minimum atomic E-state index is -1.55. The van der Waals surface area contributed by atoms with Crippen LogP contribution < -0.4 is 10.8 Å². The summed E-state index contributed by atoms with van der Waals surface area (Å²) >= 11 is 0. The van der Waals surface area contributed by atoms with E-state index in [1.165, 1.54) is 6.07 Å². The third kappa shape index (κ3) is 5.34. The second-order valence-electron chi connectivity index (χ2n) is 5.74. The monoisotopic (exact) mass is 434 g/mol. The fourth-order valence-electron chi connectivity index (χ4n) is 2.59. The first-order valence-corrected chi connectivity index (χ1v) is 8.28. The molecule has 31 heavy (non-hydrogen) atoms. The van der Waals surface area contributed by atoms with Gasteiger partial charge in [-0.3, -0.25) is 29.9 Å². The molecule has 2 aromatic rings. The topological polar surface area (TPSA) is 211 Å². The number of carboxylic acid groups (broad SMARTS) is 2. The number of benzene rings is 2. The number of nitrogens with one attached hydrogen (secondary N) is 2. The molecule has 0 aliphatic rings. The van der Waals surface area contributed by atoms with Gasteiger partial charge in [0.15, 0.2) is 0 Å². The molecule has 0 fully saturated rings. The van der Waals surface area contributed by atoms with E-state index >= 15 is 0 Å². The van der Waals surface area contributed by atoms with E-state index in [1.807, 2.05) is 0 Å². The van der Waals surface area contributed by atoms with Gasteiger partial charge in [-0.15, -0.1) is 0 Å². The number of hydrogen-bond donors (Lipinski definition) is 4. The van der Waals surface area contributed by atoms with Crippen LogP contribution in [0.15, 0.2) is 36.4 Å². The van der Waals surface area contributed by atoms with E-state index in [0.717, 1.165) is 30.3 Å². The van der Waals surface area contributed by atoms with Gasteiger partial charge in [0.2, 0.25) is 0 Å². The molecule has 0 saturated heterocycles. The third-order valence-electron chi connectivity index (χ3n) is 3.91. The Morgan fingerprint density at radius 2 is 1.45 bits per heavy atom. The highest BCUT2D eigenvalue weighted by Crippen LogP contribution is 2.24. The van der Waals surface area contributed by atoms with Crippen LogP contribution in [0.25, 0.3) is 0 Å². The number of carboxylic acids is 2. The normalized spacial score (nSPS) is 10.3. The number of nitrogens with zero attached hydrogens (tertiary/aromatic N) is 2. The lowest BCUT2D eigenvalue weighted by atomic mass is 10.0. The minimum absolute atomic E-state index is 0.231. The molecule has 0 saturated carbocycles. The summed E-state index contributed by atoms with van der Waals surface area (Å²) in [6.07, 6.45) is 0. The number of hydroxylamine groups is 1. The molecule has 2 rings (SSSR count). The summed E-state index contributed by atoms with van der Waals surface area (Å²) in [6, 6.07) is 6.55. The van der Waals surface area contributed by atoms with E-state index in [-0.39, 0.29) is 11.1 Å². The molecule has 0 aliphatic heterocycles. The molecule has 0 bridgehead atoms. The molecule has 0 atom stereocenters. The molecule has 1 amide bonds. The standard InChI is InChI=1S/C17H14N4O10/c22-15(14-10(17(25)26)4-2-6-13(14)21(29)30)18-8-19-31-7-11-9(16(23)24)3-1-5-12(11)20(27)28/h1-6,19H,7-8H2,(H,18,22)(H,23,24)(H,25,26). The third-order valence-corrected chi connectivity index (χ3v) is 3.91. The Morgan fingerprint density at radius 3 is 2.00 bits per heavy atom. The van der Waals surface area contributed by atoms with Crippen LogP contribution in [0.1, 0.15) is 36.6 Å². The molecule has 14 nitrogen and oxygen atoms in total. The van der Waals surface area contributed by atoms with Crippen LogP contribution in [-0.2, 0) is 11.4 Å². The van der Waals surface area contributed by atoms with Gasteiger partial charge in [-0.1, -0.05) is 12.1 Å². The van der Waals surface area contributed by atoms with Crippen molar-refractivity contribution in [2.45, 2.75) is 6.61 Å². The van der Waals surface area contributed by atoms with Crippen LogP contribution in [0.5, 0.6) is 0 Å². The quantitative estimate of drug-likeness (QED) is 0.181. The maximum Gasteiger partial charge on any atom is 0.336 e. The van der Waals surface area contributed by atoms with E-state index in [2.05, 4.69) is 10.8 Å². The Hall–Kier alpha value is -4.43. The summed E-state index contributed by atoms with van der Waals surface area (Å²) in [5, 5.41) is 42.6. The molecule has 0 aromatic heterocycles. The zero-order valence-electron chi connectivity index (χ0n) is 15.4. The summed E-state index contributed by atoms with van der Waals surface area (Å²) < 4.78 is 0. The van der Waals surface area contributed by atoms with Crippen molar-refractivity contribution in [3.8, 4) is 0 Å². The fraction of sp³-hybridized carbons (Fsp3) is 0.118. The molecule has 0 radical (unpaired) electrons. The first-order valence-electron chi connectivity index (χ1n) is 8.28. The van der Waals surface area contributed by atoms with Gasteiger partial charge < -0.3 is 15.5 Å². The van der Waals surface area contributed by atoms with Crippen molar-refractivity contribution < 1.29 is 39.3 Å². The minimum Gasteiger partial charge on any atom is -0.478 e. The lowest BCUT2D eigenvalue weighted by Crippen LogP contribution is -2.35. The predicted octanol–water partition coefficient (Wildman–Crippen LogP) is 1.31. The van der Waals surface area contributed by atoms with Crippen LogP contribution in [0.2, 0.25) is 0 Å². The number of amides is 1. The summed E-state index contributed by atoms with van der Waals surface area (Å²) in [4.78, 5) is 60.2. The maximum absolute atomic E-state index is 12.3. The number of carbonyl (C=O) groups excluding carboxylic acids is 1. The Bertz CT molecular complexity index is 1000. The molecule has 162 valence electrons. The van der Waals surface area contributed by atoms with Crippen LogP contribution in [0, 0.1) is 20.2 Å². The van der Waals surface area contributed by atoms with Gasteiger partial charge >= 0.3 is 11.9 Å². The highest BCUT2D eigenvalue weighted by Gasteiger charge is 2.27. The molecular weight excluding hydrogens is 420 g/mol. The Labute approximate surface area is 172 Å². The molecule has 0 aliphatic carbocycles. The Morgan fingerprint density at radius 1 is 0.903 bits per heavy atom. The van der Waals surface area contributed by atoms with Crippen molar-refractivity contribution in [2.75, 3.05) is 6.67 Å². The van der Waals surface area contributed by atoms with Crippen molar-refractivity contribution in [1.82, 2.24) is 10.8 Å². The molecule has 0 spiro atoms. The van der Waals surface area contributed by atoms with E-state index < -0.39 is 63.5 Å². The lowest BCUT2D eigenvalue weighted by Gasteiger charge is -2.11. The summed E-state index contributed by atoms with van der Waals surface area (Å²) in [6.45, 7) is -1.03. The van der Waals surface area contributed by atoms with Crippen LogP contribution in [0.4, 0.5) is 11.4 Å². The summed E-state index contributed by atoms with van der Waals surface area (Å²) in [5.41, 5.74) is -0.851. The van der Waals surface area contributed by atoms with Gasteiger partial charge in [-0.2, -0.15) is 5.48 Å². The van der Waals surface area contributed by atoms with E-state index in [0.29, 0.717) is 0 Å². The van der Waals surface area contributed by atoms with Crippen molar-refractivity contribution in [3.63, 3.8) is 0 Å². The summed E-state index contributed by atoms with van der Waals surface area (Å²) in [7, 11) is 0. The van der Waals surface area contributed by atoms with Gasteiger partial charge in [0.05, 0.1) is 33.2 Å². The maximum atomic E-state index is 12.3. The van der Waals surface area contributed by atoms with Crippen LogP contribution in [-0.4, -0.2) is 44.6 Å². The molecule has 2 aromatic carbocycles. The van der Waals surface area contributed by atoms with Gasteiger partial charge in [-0.05, 0) is 12.1 Å². The average Bonchev–Trinajstić information content (AvgIpc) is 2.72. The van der Waals surface area contributed by atoms with E-state index in [1.54, 1.807) is 0 Å². The molecule has 4 N–H and O–H groups in total. The van der Waals surface area contributed by atoms with Crippen molar-refractivity contribution in [3.05, 3.63) is 78.9 Å². The Balaban J connectivity index is 2.07. The molecular formula is C17H14N4O10. The molecule has 0 heterocycles. The van der Waals surface area contributed by atoms with Crippen molar-refractivity contribution >= 4 is 29.2 Å². The fourth-order valence-corrected chi connectivity index (χ4v) is 2.59. The Kier molecular flexibility index (Phi) is 7.27. The number of rotatable bonds is 10. The van der Waals surface area contributed by atoms with Crippen molar-refractivity contribution in [1.29, 1.82) is 0 Å². The van der Waals surface area contributed by atoms with Crippen molar-refractivity contribution in [2.24, 2.45) is 0 Å².